The van der Waals surface area contributed by atoms with Gasteiger partial charge >= 0.3 is 5.97 Å². The third-order valence-electron chi connectivity index (χ3n) is 3.58. The van der Waals surface area contributed by atoms with Gasteiger partial charge in [-0.3, -0.25) is 10.1 Å². The number of carboxylic acid groups (broad SMARTS) is 1. The molecule has 0 unspecified atom stereocenters. The SMILES string of the molecule is CN(CC1CC(O)C1)c1cc([N+](=O)[O-])ccc1C(=O)O. The molecule has 20 heavy (non-hydrogen) atoms. The fourth-order valence-corrected chi connectivity index (χ4v) is 2.47. The smallest absolute Gasteiger partial charge is 0.337 e. The summed E-state index contributed by atoms with van der Waals surface area (Å²) in [4.78, 5) is 23.1. The number of nitro groups is 1. The van der Waals surface area contributed by atoms with Gasteiger partial charge in [-0.25, -0.2) is 4.79 Å². The average Bonchev–Trinajstić information content (AvgIpc) is 2.35. The Morgan fingerprint density at radius 3 is 2.65 bits per heavy atom. The third kappa shape index (κ3) is 2.88. The summed E-state index contributed by atoms with van der Waals surface area (Å²) in [5, 5.41) is 29.2. The van der Waals surface area contributed by atoms with Crippen LogP contribution in [0.1, 0.15) is 23.2 Å². The number of hydrogen-bond donors (Lipinski definition) is 2. The lowest BCUT2D eigenvalue weighted by Crippen LogP contribution is -2.37. The maximum Gasteiger partial charge on any atom is 0.337 e. The van der Waals surface area contributed by atoms with Crippen LogP contribution in [0.2, 0.25) is 0 Å². The minimum absolute atomic E-state index is 0.0398. The minimum atomic E-state index is -1.12. The van der Waals surface area contributed by atoms with Crippen LogP contribution in [0, 0.1) is 16.0 Å². The van der Waals surface area contributed by atoms with Crippen LogP contribution in [-0.2, 0) is 0 Å². The highest BCUT2D eigenvalue weighted by molar-refractivity contribution is 5.95. The highest BCUT2D eigenvalue weighted by Crippen LogP contribution is 2.31. The van der Waals surface area contributed by atoms with Crippen LogP contribution >= 0.6 is 0 Å². The van der Waals surface area contributed by atoms with E-state index in [0.717, 1.165) is 0 Å². The summed E-state index contributed by atoms with van der Waals surface area (Å²) in [6.45, 7) is 0.568. The molecule has 108 valence electrons. The molecule has 0 atom stereocenters. The molecule has 0 aromatic heterocycles. The lowest BCUT2D eigenvalue weighted by Gasteiger charge is -2.35. The Morgan fingerprint density at radius 1 is 1.50 bits per heavy atom. The van der Waals surface area contributed by atoms with Crippen LogP contribution in [0.4, 0.5) is 11.4 Å². The third-order valence-corrected chi connectivity index (χ3v) is 3.58. The Hall–Kier alpha value is -2.15. The quantitative estimate of drug-likeness (QED) is 0.625. The molecule has 1 aromatic carbocycles. The number of carbonyl (C=O) groups is 1. The molecule has 1 fully saturated rings. The van der Waals surface area contributed by atoms with Crippen molar-refractivity contribution in [2.45, 2.75) is 18.9 Å². The lowest BCUT2D eigenvalue weighted by atomic mass is 9.82. The van der Waals surface area contributed by atoms with Crippen molar-refractivity contribution in [2.24, 2.45) is 5.92 Å². The van der Waals surface area contributed by atoms with Crippen molar-refractivity contribution >= 4 is 17.3 Å². The highest BCUT2D eigenvalue weighted by atomic mass is 16.6. The van der Waals surface area contributed by atoms with Crippen molar-refractivity contribution in [2.75, 3.05) is 18.5 Å². The van der Waals surface area contributed by atoms with Gasteiger partial charge in [0, 0.05) is 25.7 Å². The fourth-order valence-electron chi connectivity index (χ4n) is 2.47. The van der Waals surface area contributed by atoms with Crippen molar-refractivity contribution in [1.29, 1.82) is 0 Å². The molecular formula is C13H16N2O5. The molecule has 0 bridgehead atoms. The molecular weight excluding hydrogens is 264 g/mol. The second-order valence-electron chi connectivity index (χ2n) is 5.14. The Balaban J connectivity index is 2.24. The number of benzene rings is 1. The van der Waals surface area contributed by atoms with E-state index in [-0.39, 0.29) is 23.3 Å². The zero-order valence-corrected chi connectivity index (χ0v) is 11.0. The molecule has 1 saturated carbocycles. The number of aliphatic hydroxyl groups excluding tert-OH is 1. The summed E-state index contributed by atoms with van der Waals surface area (Å²) in [6, 6.07) is 3.72. The van der Waals surface area contributed by atoms with E-state index in [2.05, 4.69) is 0 Å². The first-order valence-electron chi connectivity index (χ1n) is 6.29. The van der Waals surface area contributed by atoms with Gasteiger partial charge in [0.05, 0.1) is 22.3 Å². The Morgan fingerprint density at radius 2 is 2.15 bits per heavy atom. The summed E-state index contributed by atoms with van der Waals surface area (Å²) in [5.74, 6) is -0.828. The first-order valence-corrected chi connectivity index (χ1v) is 6.29. The zero-order chi connectivity index (χ0) is 14.9. The fraction of sp³-hybridized carbons (Fsp3) is 0.462. The maximum atomic E-state index is 11.2. The van der Waals surface area contributed by atoms with E-state index >= 15 is 0 Å². The second-order valence-corrected chi connectivity index (χ2v) is 5.14. The lowest BCUT2D eigenvalue weighted by molar-refractivity contribution is -0.384. The summed E-state index contributed by atoms with van der Waals surface area (Å²) in [5.41, 5.74) is 0.233. The number of nitrogens with zero attached hydrogens (tertiary/aromatic N) is 2. The van der Waals surface area contributed by atoms with Gasteiger partial charge in [-0.05, 0) is 24.8 Å². The van der Waals surface area contributed by atoms with Crippen molar-refractivity contribution < 1.29 is 19.9 Å². The normalized spacial score (nSPS) is 21.1. The highest BCUT2D eigenvalue weighted by Gasteiger charge is 2.29. The molecule has 1 aromatic rings. The van der Waals surface area contributed by atoms with Crippen molar-refractivity contribution in [1.82, 2.24) is 0 Å². The van der Waals surface area contributed by atoms with Crippen molar-refractivity contribution in [3.63, 3.8) is 0 Å². The average molecular weight is 280 g/mol. The number of aliphatic hydroxyl groups is 1. The number of aromatic carboxylic acids is 1. The van der Waals surface area contributed by atoms with E-state index in [1.165, 1.54) is 18.2 Å². The summed E-state index contributed by atoms with van der Waals surface area (Å²) in [6.07, 6.45) is 1.08. The van der Waals surface area contributed by atoms with Crippen LogP contribution in [-0.4, -0.2) is 40.8 Å². The number of non-ortho nitro benzene ring substituents is 1. The Bertz CT molecular complexity index is 540. The predicted molar refractivity (Wildman–Crippen MR) is 72.1 cm³/mol. The van der Waals surface area contributed by atoms with Gasteiger partial charge in [-0.15, -0.1) is 0 Å². The zero-order valence-electron chi connectivity index (χ0n) is 11.0. The summed E-state index contributed by atoms with van der Waals surface area (Å²) < 4.78 is 0. The molecule has 2 N–H and O–H groups in total. The Kier molecular flexibility index (Phi) is 3.89. The van der Waals surface area contributed by atoms with Gasteiger partial charge in [0.25, 0.3) is 5.69 Å². The number of hydrogen-bond acceptors (Lipinski definition) is 5. The molecule has 7 heteroatoms. The van der Waals surface area contributed by atoms with Crippen molar-refractivity contribution in [3.05, 3.63) is 33.9 Å². The molecule has 7 nitrogen and oxygen atoms in total. The second kappa shape index (κ2) is 5.46. The molecule has 0 amide bonds. The van der Waals surface area contributed by atoms with E-state index in [4.69, 9.17) is 5.11 Å². The predicted octanol–water partition coefficient (Wildman–Crippen LogP) is 1.50. The minimum Gasteiger partial charge on any atom is -0.478 e. The molecule has 0 aliphatic heterocycles. The van der Waals surface area contributed by atoms with E-state index in [0.29, 0.717) is 25.1 Å². The van der Waals surface area contributed by atoms with Crippen LogP contribution in [0.5, 0.6) is 0 Å². The van der Waals surface area contributed by atoms with Gasteiger partial charge in [0.1, 0.15) is 0 Å². The van der Waals surface area contributed by atoms with Crippen LogP contribution < -0.4 is 4.90 Å². The molecule has 0 radical (unpaired) electrons. The molecule has 0 saturated heterocycles. The standard InChI is InChI=1S/C13H16N2O5/c1-14(7-8-4-10(16)5-8)12-6-9(15(19)20)2-3-11(12)13(17)18/h2-3,6,8,10,16H,4-5,7H2,1H3,(H,17,18). The van der Waals surface area contributed by atoms with E-state index in [9.17, 15) is 20.0 Å². The number of carboxylic acids is 1. The van der Waals surface area contributed by atoms with E-state index < -0.39 is 10.9 Å². The molecule has 1 aliphatic rings. The molecule has 1 aliphatic carbocycles. The molecule has 0 heterocycles. The number of rotatable bonds is 5. The first kappa shape index (κ1) is 14.3. The van der Waals surface area contributed by atoms with Crippen molar-refractivity contribution in [3.8, 4) is 0 Å². The summed E-state index contributed by atoms with van der Waals surface area (Å²) >= 11 is 0. The van der Waals surface area contributed by atoms with Crippen LogP contribution in [0.25, 0.3) is 0 Å². The topological polar surface area (TPSA) is 104 Å². The van der Waals surface area contributed by atoms with E-state index in [1.54, 1.807) is 11.9 Å². The number of anilines is 1. The van der Waals surface area contributed by atoms with Gasteiger partial charge in [0.15, 0.2) is 0 Å². The maximum absolute atomic E-state index is 11.2. The molecule has 0 spiro atoms. The summed E-state index contributed by atoms with van der Waals surface area (Å²) in [7, 11) is 1.70. The monoisotopic (exact) mass is 280 g/mol. The van der Waals surface area contributed by atoms with Gasteiger partial charge in [-0.1, -0.05) is 0 Å². The van der Waals surface area contributed by atoms with Gasteiger partial charge in [0.2, 0.25) is 0 Å². The van der Waals surface area contributed by atoms with E-state index in [1.807, 2.05) is 0 Å². The van der Waals surface area contributed by atoms with Gasteiger partial charge < -0.3 is 15.1 Å². The first-order chi connectivity index (χ1) is 9.38. The van der Waals surface area contributed by atoms with Crippen LogP contribution in [0.15, 0.2) is 18.2 Å². The largest absolute Gasteiger partial charge is 0.478 e. The Labute approximate surface area is 115 Å². The van der Waals surface area contributed by atoms with Crippen LogP contribution in [0.3, 0.4) is 0 Å². The molecule has 2 rings (SSSR count). The van der Waals surface area contributed by atoms with Gasteiger partial charge in [-0.2, -0.15) is 0 Å². The number of nitro benzene ring substituents is 1.